The van der Waals surface area contributed by atoms with E-state index >= 15 is 0 Å². The van der Waals surface area contributed by atoms with Crippen molar-refractivity contribution in [2.45, 2.75) is 32.6 Å². The molecule has 3 heteroatoms. The number of aromatic nitrogens is 1. The van der Waals surface area contributed by atoms with Crippen LogP contribution in [0.5, 0.6) is 5.75 Å². The predicted molar refractivity (Wildman–Crippen MR) is 87.9 cm³/mol. The minimum atomic E-state index is 0.781. The first kappa shape index (κ1) is 14.2. The number of rotatable bonds is 4. The fourth-order valence-corrected chi connectivity index (χ4v) is 3.27. The highest BCUT2D eigenvalue weighted by atomic mass is 16.5. The monoisotopic (exact) mass is 284 g/mol. The van der Waals surface area contributed by atoms with Crippen molar-refractivity contribution < 1.29 is 4.74 Å². The molecule has 1 fully saturated rings. The van der Waals surface area contributed by atoms with Crippen molar-refractivity contribution in [3.05, 3.63) is 30.5 Å². The van der Waals surface area contributed by atoms with Crippen molar-refractivity contribution in [3.8, 4) is 5.75 Å². The van der Waals surface area contributed by atoms with Crippen LogP contribution in [-0.2, 0) is 0 Å². The summed E-state index contributed by atoms with van der Waals surface area (Å²) in [4.78, 5) is 4.51. The van der Waals surface area contributed by atoms with Gasteiger partial charge in [-0.15, -0.1) is 0 Å². The molecule has 1 heterocycles. The van der Waals surface area contributed by atoms with Crippen molar-refractivity contribution in [3.63, 3.8) is 0 Å². The van der Waals surface area contributed by atoms with Gasteiger partial charge in [-0.2, -0.15) is 0 Å². The number of ether oxygens (including phenoxy) is 1. The van der Waals surface area contributed by atoms with Gasteiger partial charge in [-0.25, -0.2) is 4.98 Å². The Balaban J connectivity index is 1.75. The van der Waals surface area contributed by atoms with E-state index in [1.165, 1.54) is 25.7 Å². The average Bonchev–Trinajstić information content (AvgIpc) is 2.53. The van der Waals surface area contributed by atoms with Gasteiger partial charge in [0.1, 0.15) is 11.6 Å². The van der Waals surface area contributed by atoms with E-state index in [2.05, 4.69) is 23.3 Å². The molecule has 1 aromatic carbocycles. The van der Waals surface area contributed by atoms with Crippen LogP contribution in [0.15, 0.2) is 30.5 Å². The maximum Gasteiger partial charge on any atom is 0.133 e. The summed E-state index contributed by atoms with van der Waals surface area (Å²) in [5, 5.41) is 5.82. The Morgan fingerprint density at radius 1 is 1.14 bits per heavy atom. The van der Waals surface area contributed by atoms with Crippen LogP contribution in [0.1, 0.15) is 32.6 Å². The van der Waals surface area contributed by atoms with Gasteiger partial charge in [0.25, 0.3) is 0 Å². The zero-order valence-electron chi connectivity index (χ0n) is 12.9. The molecule has 2 aromatic rings. The van der Waals surface area contributed by atoms with Gasteiger partial charge in [0.15, 0.2) is 0 Å². The van der Waals surface area contributed by atoms with Gasteiger partial charge in [0, 0.05) is 23.5 Å². The van der Waals surface area contributed by atoms with Crippen molar-refractivity contribution in [2.24, 2.45) is 11.8 Å². The molecule has 3 nitrogen and oxygen atoms in total. The third-order valence-corrected chi connectivity index (χ3v) is 4.68. The largest absolute Gasteiger partial charge is 0.496 e. The molecule has 0 spiro atoms. The van der Waals surface area contributed by atoms with Crippen molar-refractivity contribution >= 4 is 16.6 Å². The van der Waals surface area contributed by atoms with Gasteiger partial charge in [-0.1, -0.05) is 31.9 Å². The van der Waals surface area contributed by atoms with Crippen molar-refractivity contribution in [1.29, 1.82) is 0 Å². The van der Waals surface area contributed by atoms with Crippen LogP contribution in [0, 0.1) is 11.8 Å². The average molecular weight is 284 g/mol. The Hall–Kier alpha value is -1.77. The zero-order valence-corrected chi connectivity index (χ0v) is 12.9. The van der Waals surface area contributed by atoms with Gasteiger partial charge >= 0.3 is 0 Å². The van der Waals surface area contributed by atoms with Crippen LogP contribution in [0.2, 0.25) is 0 Å². The number of anilines is 1. The molecule has 1 aliphatic carbocycles. The van der Waals surface area contributed by atoms with E-state index in [1.54, 1.807) is 7.11 Å². The third kappa shape index (κ3) is 3.12. The first-order valence-electron chi connectivity index (χ1n) is 7.93. The van der Waals surface area contributed by atoms with E-state index in [0.29, 0.717) is 0 Å². The van der Waals surface area contributed by atoms with Gasteiger partial charge in [0.2, 0.25) is 0 Å². The Morgan fingerprint density at radius 2 is 1.95 bits per heavy atom. The van der Waals surface area contributed by atoms with Crippen molar-refractivity contribution in [2.75, 3.05) is 19.0 Å². The highest BCUT2D eigenvalue weighted by molar-refractivity contribution is 5.95. The highest BCUT2D eigenvalue weighted by Gasteiger charge is 2.18. The maximum absolute atomic E-state index is 5.43. The molecule has 1 saturated carbocycles. The van der Waals surface area contributed by atoms with Crippen LogP contribution >= 0.6 is 0 Å². The van der Waals surface area contributed by atoms with Crippen LogP contribution in [0.3, 0.4) is 0 Å². The molecule has 0 atom stereocenters. The summed E-state index contributed by atoms with van der Waals surface area (Å²) in [7, 11) is 1.71. The van der Waals surface area contributed by atoms with Crippen LogP contribution < -0.4 is 10.1 Å². The summed E-state index contributed by atoms with van der Waals surface area (Å²) < 4.78 is 5.43. The summed E-state index contributed by atoms with van der Waals surface area (Å²) in [6.45, 7) is 3.39. The van der Waals surface area contributed by atoms with Crippen LogP contribution in [0.25, 0.3) is 10.8 Å². The number of pyridine rings is 1. The maximum atomic E-state index is 5.43. The second-order valence-corrected chi connectivity index (χ2v) is 6.22. The fraction of sp³-hybridized carbons (Fsp3) is 0.500. The molecule has 0 bridgehead atoms. The molecule has 0 aliphatic heterocycles. The second kappa shape index (κ2) is 6.33. The summed E-state index contributed by atoms with van der Waals surface area (Å²) in [6, 6.07) is 8.14. The minimum absolute atomic E-state index is 0.781. The molecular weight excluding hydrogens is 260 g/mol. The first-order valence-corrected chi connectivity index (χ1v) is 7.93. The van der Waals surface area contributed by atoms with Gasteiger partial charge in [-0.05, 0) is 36.8 Å². The number of methoxy groups -OCH3 is 1. The second-order valence-electron chi connectivity index (χ2n) is 6.22. The topological polar surface area (TPSA) is 34.1 Å². The van der Waals surface area contributed by atoms with Gasteiger partial charge < -0.3 is 10.1 Å². The zero-order chi connectivity index (χ0) is 14.7. The minimum Gasteiger partial charge on any atom is -0.496 e. The lowest BCUT2D eigenvalue weighted by Gasteiger charge is -2.26. The SMILES string of the molecule is COc1cccc2c(NCC3CCC(C)CC3)nccc12. The molecule has 0 unspecified atom stereocenters. The molecule has 112 valence electrons. The fourth-order valence-electron chi connectivity index (χ4n) is 3.27. The Morgan fingerprint density at radius 3 is 2.71 bits per heavy atom. The number of fused-ring (bicyclic) bond motifs is 1. The smallest absolute Gasteiger partial charge is 0.133 e. The molecule has 1 N–H and O–H groups in total. The number of hydrogen-bond acceptors (Lipinski definition) is 3. The summed E-state index contributed by atoms with van der Waals surface area (Å²) in [6.07, 6.45) is 7.26. The summed E-state index contributed by atoms with van der Waals surface area (Å²) in [5.41, 5.74) is 0. The normalized spacial score (nSPS) is 22.2. The van der Waals surface area contributed by atoms with Crippen LogP contribution in [-0.4, -0.2) is 18.6 Å². The van der Waals surface area contributed by atoms with Crippen LogP contribution in [0.4, 0.5) is 5.82 Å². The number of nitrogens with zero attached hydrogens (tertiary/aromatic N) is 1. The molecule has 0 saturated heterocycles. The number of benzene rings is 1. The Kier molecular flexibility index (Phi) is 4.28. The Labute approximate surface area is 126 Å². The third-order valence-electron chi connectivity index (χ3n) is 4.68. The van der Waals surface area contributed by atoms with E-state index in [1.807, 2.05) is 24.4 Å². The standard InChI is InChI=1S/C18H24N2O/c1-13-6-8-14(9-7-13)12-20-18-16-4-3-5-17(21-2)15(16)10-11-19-18/h3-5,10-11,13-14H,6-9,12H2,1-2H3,(H,19,20). The summed E-state index contributed by atoms with van der Waals surface area (Å²) >= 11 is 0. The number of hydrogen-bond donors (Lipinski definition) is 1. The summed E-state index contributed by atoms with van der Waals surface area (Å²) in [5.74, 6) is 3.57. The lowest BCUT2D eigenvalue weighted by atomic mass is 9.83. The lowest BCUT2D eigenvalue weighted by Crippen LogP contribution is -2.20. The van der Waals surface area contributed by atoms with E-state index in [-0.39, 0.29) is 0 Å². The Bertz CT molecular complexity index is 603. The first-order chi connectivity index (χ1) is 10.3. The van der Waals surface area contributed by atoms with E-state index < -0.39 is 0 Å². The van der Waals surface area contributed by atoms with E-state index in [4.69, 9.17) is 4.74 Å². The molecule has 0 radical (unpaired) electrons. The van der Waals surface area contributed by atoms with E-state index in [0.717, 1.165) is 40.7 Å². The van der Waals surface area contributed by atoms with Gasteiger partial charge in [0.05, 0.1) is 7.11 Å². The molecule has 0 amide bonds. The molecular formula is C18H24N2O. The lowest BCUT2D eigenvalue weighted by molar-refractivity contribution is 0.300. The molecule has 1 aliphatic rings. The van der Waals surface area contributed by atoms with Gasteiger partial charge in [-0.3, -0.25) is 0 Å². The number of nitrogens with one attached hydrogen (secondary N) is 1. The van der Waals surface area contributed by atoms with E-state index in [9.17, 15) is 0 Å². The molecule has 3 rings (SSSR count). The predicted octanol–water partition coefficient (Wildman–Crippen LogP) is 4.48. The molecule has 1 aromatic heterocycles. The molecule has 21 heavy (non-hydrogen) atoms. The quantitative estimate of drug-likeness (QED) is 0.898. The van der Waals surface area contributed by atoms with Crippen molar-refractivity contribution in [1.82, 2.24) is 4.98 Å². The highest BCUT2D eigenvalue weighted by Crippen LogP contribution is 2.31.